The molecular formula is C15H19ClN2O2. The van der Waals surface area contributed by atoms with Crippen LogP contribution in [0.15, 0.2) is 24.3 Å². The van der Waals surface area contributed by atoms with Gasteiger partial charge in [-0.05, 0) is 37.1 Å². The molecule has 5 heteroatoms. The highest BCUT2D eigenvalue weighted by Crippen LogP contribution is 2.19. The molecule has 20 heavy (non-hydrogen) atoms. The molecule has 1 aliphatic heterocycles. The lowest BCUT2D eigenvalue weighted by molar-refractivity contribution is -0.129. The van der Waals surface area contributed by atoms with E-state index in [2.05, 4.69) is 0 Å². The van der Waals surface area contributed by atoms with Crippen molar-refractivity contribution >= 4 is 29.1 Å². The largest absolute Gasteiger partial charge is 0.343 e. The second-order valence-corrected chi connectivity index (χ2v) is 5.42. The van der Waals surface area contributed by atoms with Gasteiger partial charge in [-0.25, -0.2) is 0 Å². The van der Waals surface area contributed by atoms with Crippen molar-refractivity contribution in [2.75, 3.05) is 24.5 Å². The normalized spacial score (nSPS) is 14.4. The van der Waals surface area contributed by atoms with Crippen LogP contribution in [0.3, 0.4) is 0 Å². The first-order valence-corrected chi connectivity index (χ1v) is 7.27. The van der Waals surface area contributed by atoms with Gasteiger partial charge < -0.3 is 9.80 Å². The molecule has 0 spiro atoms. The van der Waals surface area contributed by atoms with Crippen molar-refractivity contribution in [3.05, 3.63) is 29.3 Å². The summed E-state index contributed by atoms with van der Waals surface area (Å²) in [6, 6.07) is 7.08. The van der Waals surface area contributed by atoms with Crippen LogP contribution in [0.25, 0.3) is 0 Å². The minimum Gasteiger partial charge on any atom is -0.343 e. The maximum atomic E-state index is 12.0. The fraction of sp³-hybridized carbons (Fsp3) is 0.467. The summed E-state index contributed by atoms with van der Waals surface area (Å²) >= 11 is 5.85. The average Bonchev–Trinajstić information content (AvgIpc) is 2.94. The fourth-order valence-electron chi connectivity index (χ4n) is 2.42. The third-order valence-electron chi connectivity index (χ3n) is 3.53. The summed E-state index contributed by atoms with van der Waals surface area (Å²) in [5.41, 5.74) is 0.774. The third kappa shape index (κ3) is 3.73. The molecule has 0 unspecified atom stereocenters. The van der Waals surface area contributed by atoms with Crippen LogP contribution in [-0.4, -0.2) is 36.3 Å². The van der Waals surface area contributed by atoms with E-state index in [1.54, 1.807) is 29.2 Å². The Labute approximate surface area is 124 Å². The zero-order valence-corrected chi connectivity index (χ0v) is 12.4. The van der Waals surface area contributed by atoms with Crippen molar-refractivity contribution < 1.29 is 9.59 Å². The number of benzene rings is 1. The second kappa shape index (κ2) is 6.75. The number of rotatable bonds is 4. The van der Waals surface area contributed by atoms with E-state index >= 15 is 0 Å². The molecule has 1 fully saturated rings. The molecular weight excluding hydrogens is 276 g/mol. The molecule has 0 radical (unpaired) electrons. The molecule has 4 nitrogen and oxygen atoms in total. The summed E-state index contributed by atoms with van der Waals surface area (Å²) < 4.78 is 0. The van der Waals surface area contributed by atoms with Crippen molar-refractivity contribution in [1.29, 1.82) is 0 Å². The van der Waals surface area contributed by atoms with Crippen molar-refractivity contribution in [3.63, 3.8) is 0 Å². The molecule has 1 aromatic rings. The monoisotopic (exact) mass is 294 g/mol. The van der Waals surface area contributed by atoms with Crippen LogP contribution in [0.1, 0.15) is 26.2 Å². The zero-order chi connectivity index (χ0) is 14.5. The molecule has 0 bridgehead atoms. The first-order chi connectivity index (χ1) is 9.58. The fourth-order valence-corrected chi connectivity index (χ4v) is 2.55. The molecule has 0 N–H and O–H groups in total. The number of hydrogen-bond donors (Lipinski definition) is 0. The Morgan fingerprint density at radius 3 is 2.35 bits per heavy atom. The van der Waals surface area contributed by atoms with Crippen LogP contribution >= 0.6 is 11.6 Å². The average molecular weight is 295 g/mol. The van der Waals surface area contributed by atoms with Gasteiger partial charge in [0.1, 0.15) is 0 Å². The summed E-state index contributed by atoms with van der Waals surface area (Å²) in [7, 11) is 0. The minimum atomic E-state index is -0.0680. The van der Waals surface area contributed by atoms with Gasteiger partial charge in [0.25, 0.3) is 0 Å². The highest BCUT2D eigenvalue weighted by atomic mass is 35.5. The van der Waals surface area contributed by atoms with E-state index in [4.69, 9.17) is 11.6 Å². The Morgan fingerprint density at radius 1 is 1.20 bits per heavy atom. The van der Waals surface area contributed by atoms with Gasteiger partial charge in [0.2, 0.25) is 11.8 Å². The van der Waals surface area contributed by atoms with Crippen molar-refractivity contribution in [2.45, 2.75) is 26.2 Å². The topological polar surface area (TPSA) is 40.6 Å². The predicted octanol–water partition coefficient (Wildman–Crippen LogP) is 2.71. The molecule has 2 amide bonds. The Morgan fingerprint density at radius 2 is 1.80 bits per heavy atom. The molecule has 0 atom stereocenters. The van der Waals surface area contributed by atoms with Gasteiger partial charge in [0, 0.05) is 43.7 Å². The molecule has 1 aromatic carbocycles. The standard InChI is InChI=1S/C15H19ClN2O2/c1-12(19)18(14-6-4-13(16)5-7-14)11-8-15(20)17-9-2-3-10-17/h4-7H,2-3,8-11H2,1H3. The number of halogens is 1. The minimum absolute atomic E-state index is 0.0680. The smallest absolute Gasteiger partial charge is 0.224 e. The quantitative estimate of drug-likeness (QED) is 0.857. The first-order valence-electron chi connectivity index (χ1n) is 6.89. The van der Waals surface area contributed by atoms with E-state index in [0.717, 1.165) is 31.6 Å². The van der Waals surface area contributed by atoms with Gasteiger partial charge >= 0.3 is 0 Å². The van der Waals surface area contributed by atoms with Crippen molar-refractivity contribution in [3.8, 4) is 0 Å². The highest BCUT2D eigenvalue weighted by Gasteiger charge is 2.19. The molecule has 2 rings (SSSR count). The predicted molar refractivity (Wildman–Crippen MR) is 79.9 cm³/mol. The van der Waals surface area contributed by atoms with E-state index < -0.39 is 0 Å². The molecule has 1 aliphatic rings. The van der Waals surface area contributed by atoms with Crippen LogP contribution in [0, 0.1) is 0 Å². The first kappa shape index (κ1) is 14.9. The molecule has 0 saturated carbocycles. The van der Waals surface area contributed by atoms with Crippen LogP contribution in [0.4, 0.5) is 5.69 Å². The lowest BCUT2D eigenvalue weighted by atomic mass is 10.2. The van der Waals surface area contributed by atoms with E-state index in [9.17, 15) is 9.59 Å². The van der Waals surface area contributed by atoms with Gasteiger partial charge in [-0.1, -0.05) is 11.6 Å². The zero-order valence-electron chi connectivity index (χ0n) is 11.6. The number of carbonyl (C=O) groups excluding carboxylic acids is 2. The molecule has 108 valence electrons. The van der Waals surface area contributed by atoms with Gasteiger partial charge in [0.15, 0.2) is 0 Å². The summed E-state index contributed by atoms with van der Waals surface area (Å²) in [4.78, 5) is 27.2. The Bertz CT molecular complexity index is 481. The third-order valence-corrected chi connectivity index (χ3v) is 3.78. The second-order valence-electron chi connectivity index (χ2n) is 4.98. The van der Waals surface area contributed by atoms with Crippen LogP contribution in [0.5, 0.6) is 0 Å². The summed E-state index contributed by atoms with van der Waals surface area (Å²) in [6.45, 7) is 3.61. The van der Waals surface area contributed by atoms with E-state index in [-0.39, 0.29) is 11.8 Å². The van der Waals surface area contributed by atoms with Gasteiger partial charge in [-0.2, -0.15) is 0 Å². The van der Waals surface area contributed by atoms with E-state index in [1.165, 1.54) is 6.92 Å². The molecule has 1 heterocycles. The van der Waals surface area contributed by atoms with Crippen LogP contribution in [0.2, 0.25) is 5.02 Å². The number of carbonyl (C=O) groups is 2. The van der Waals surface area contributed by atoms with Crippen LogP contribution in [-0.2, 0) is 9.59 Å². The Balaban J connectivity index is 1.97. The van der Waals surface area contributed by atoms with Crippen molar-refractivity contribution in [2.24, 2.45) is 0 Å². The number of likely N-dealkylation sites (tertiary alicyclic amines) is 1. The summed E-state index contributed by atoms with van der Waals surface area (Å²) in [5, 5.41) is 0.630. The van der Waals surface area contributed by atoms with Gasteiger partial charge in [-0.3, -0.25) is 9.59 Å². The van der Waals surface area contributed by atoms with Gasteiger partial charge in [0.05, 0.1) is 0 Å². The molecule has 1 saturated heterocycles. The Kier molecular flexibility index (Phi) is 5.01. The maximum Gasteiger partial charge on any atom is 0.224 e. The Hall–Kier alpha value is -1.55. The van der Waals surface area contributed by atoms with E-state index in [0.29, 0.717) is 18.0 Å². The lowest BCUT2D eigenvalue weighted by Gasteiger charge is -2.22. The van der Waals surface area contributed by atoms with E-state index in [1.807, 2.05) is 4.90 Å². The molecule has 0 aliphatic carbocycles. The SMILES string of the molecule is CC(=O)N(CCC(=O)N1CCCC1)c1ccc(Cl)cc1. The molecule has 0 aromatic heterocycles. The number of nitrogens with zero attached hydrogens (tertiary/aromatic N) is 2. The highest BCUT2D eigenvalue weighted by molar-refractivity contribution is 6.30. The summed E-state index contributed by atoms with van der Waals surface area (Å²) in [5.74, 6) is 0.0595. The van der Waals surface area contributed by atoms with Gasteiger partial charge in [-0.15, -0.1) is 0 Å². The van der Waals surface area contributed by atoms with Crippen LogP contribution < -0.4 is 4.90 Å². The number of anilines is 1. The summed E-state index contributed by atoms with van der Waals surface area (Å²) in [6.07, 6.45) is 2.53. The maximum absolute atomic E-state index is 12.0. The number of hydrogen-bond acceptors (Lipinski definition) is 2. The van der Waals surface area contributed by atoms with Crippen molar-refractivity contribution in [1.82, 2.24) is 4.90 Å². The lowest BCUT2D eigenvalue weighted by Crippen LogP contribution is -2.35. The number of amides is 2.